The summed E-state index contributed by atoms with van der Waals surface area (Å²) in [4.78, 5) is 29.3. The molecule has 3 rings (SSSR count). The highest BCUT2D eigenvalue weighted by molar-refractivity contribution is 9.10. The molecule has 0 aliphatic rings. The van der Waals surface area contributed by atoms with Crippen LogP contribution in [-0.4, -0.2) is 50.0 Å². The number of rotatable bonds is 15. The van der Waals surface area contributed by atoms with Crippen molar-refractivity contribution in [1.82, 2.24) is 10.2 Å². The first-order valence-corrected chi connectivity index (χ1v) is 17.1. The standard InChI is InChI=1S/C33H42BrN3O4S/c1-5-25(3)35-33(39)31(23-27-12-8-7-9-13-27)36(24-28-14-10-15-29(34)22-28)32(38)16-11-21-37(42(4,40)41)30-19-17-26(6-2)18-20-30/h7-10,12-15,17-20,22,25,31H,5-6,11,16,21,23-24H2,1-4H3,(H,35,39)/t25-,31+/m1/s1. The minimum Gasteiger partial charge on any atom is -0.352 e. The SMILES string of the molecule is CCc1ccc(N(CCCC(=O)N(Cc2cccc(Br)c2)[C@@H](Cc2ccccc2)C(=O)N[C@H](C)CC)S(C)(=O)=O)cc1. The minimum absolute atomic E-state index is 0.0407. The molecule has 2 atom stereocenters. The van der Waals surface area contributed by atoms with Crippen molar-refractivity contribution in [3.8, 4) is 0 Å². The van der Waals surface area contributed by atoms with Crippen LogP contribution in [0.25, 0.3) is 0 Å². The van der Waals surface area contributed by atoms with Crippen molar-refractivity contribution in [2.24, 2.45) is 0 Å². The quantitative estimate of drug-likeness (QED) is 0.214. The number of carbonyl (C=O) groups is 2. The number of sulfonamides is 1. The van der Waals surface area contributed by atoms with Crippen LogP contribution in [-0.2, 0) is 39.0 Å². The predicted octanol–water partition coefficient (Wildman–Crippen LogP) is 6.11. The molecule has 0 spiro atoms. The molecular formula is C33H42BrN3O4S. The Balaban J connectivity index is 1.88. The molecule has 9 heteroatoms. The van der Waals surface area contributed by atoms with Gasteiger partial charge in [0.25, 0.3) is 0 Å². The number of halogens is 1. The maximum Gasteiger partial charge on any atom is 0.243 e. The number of anilines is 1. The number of amides is 2. The maximum atomic E-state index is 13.9. The lowest BCUT2D eigenvalue weighted by atomic mass is 10.0. The van der Waals surface area contributed by atoms with Crippen LogP contribution < -0.4 is 9.62 Å². The lowest BCUT2D eigenvalue weighted by molar-refractivity contribution is -0.141. The molecule has 0 aromatic heterocycles. The van der Waals surface area contributed by atoms with Crippen molar-refractivity contribution in [2.45, 2.75) is 71.5 Å². The van der Waals surface area contributed by atoms with E-state index in [4.69, 9.17) is 0 Å². The molecular weight excluding hydrogens is 614 g/mol. The van der Waals surface area contributed by atoms with Gasteiger partial charge in [-0.2, -0.15) is 0 Å². The monoisotopic (exact) mass is 655 g/mol. The van der Waals surface area contributed by atoms with Crippen LogP contribution in [0.1, 0.15) is 56.7 Å². The van der Waals surface area contributed by atoms with Crippen LogP contribution in [0.15, 0.2) is 83.3 Å². The fraction of sp³-hybridized carbons (Fsp3) is 0.394. The van der Waals surface area contributed by atoms with Gasteiger partial charge in [0.15, 0.2) is 0 Å². The fourth-order valence-corrected chi connectivity index (χ4v) is 6.14. The molecule has 0 saturated carbocycles. The molecule has 0 aliphatic carbocycles. The van der Waals surface area contributed by atoms with Gasteiger partial charge in [0.1, 0.15) is 6.04 Å². The zero-order valence-corrected chi connectivity index (χ0v) is 27.3. The zero-order valence-electron chi connectivity index (χ0n) is 24.9. The Bertz CT molecular complexity index is 1410. The van der Waals surface area contributed by atoms with Gasteiger partial charge in [-0.05, 0) is 67.1 Å². The molecule has 0 radical (unpaired) electrons. The van der Waals surface area contributed by atoms with Gasteiger partial charge in [0.2, 0.25) is 21.8 Å². The number of nitrogens with one attached hydrogen (secondary N) is 1. The Morgan fingerprint density at radius 1 is 0.905 bits per heavy atom. The number of hydrogen-bond donors (Lipinski definition) is 1. The highest BCUT2D eigenvalue weighted by atomic mass is 79.9. The van der Waals surface area contributed by atoms with Gasteiger partial charge in [0, 0.05) is 36.4 Å². The highest BCUT2D eigenvalue weighted by Crippen LogP contribution is 2.22. The van der Waals surface area contributed by atoms with E-state index in [1.165, 1.54) is 10.6 Å². The number of carbonyl (C=O) groups excluding carboxylic acids is 2. The summed E-state index contributed by atoms with van der Waals surface area (Å²) in [6.07, 6.45) is 3.57. The van der Waals surface area contributed by atoms with Gasteiger partial charge in [-0.15, -0.1) is 0 Å². The summed E-state index contributed by atoms with van der Waals surface area (Å²) in [5, 5.41) is 3.08. The molecule has 0 saturated heterocycles. The van der Waals surface area contributed by atoms with E-state index in [1.54, 1.807) is 17.0 Å². The van der Waals surface area contributed by atoms with Crippen LogP contribution in [0.5, 0.6) is 0 Å². The van der Waals surface area contributed by atoms with E-state index < -0.39 is 16.1 Å². The minimum atomic E-state index is -3.56. The summed E-state index contributed by atoms with van der Waals surface area (Å²) < 4.78 is 27.6. The summed E-state index contributed by atoms with van der Waals surface area (Å²) in [5.74, 6) is -0.407. The first kappa shape index (κ1) is 33.3. The Hall–Kier alpha value is -3.17. The summed E-state index contributed by atoms with van der Waals surface area (Å²) >= 11 is 3.51. The van der Waals surface area contributed by atoms with Gasteiger partial charge in [-0.3, -0.25) is 13.9 Å². The van der Waals surface area contributed by atoms with Gasteiger partial charge in [-0.25, -0.2) is 8.42 Å². The first-order chi connectivity index (χ1) is 20.0. The number of nitrogens with zero attached hydrogens (tertiary/aromatic N) is 2. The fourth-order valence-electron chi connectivity index (χ4n) is 4.73. The van der Waals surface area contributed by atoms with E-state index in [0.29, 0.717) is 18.5 Å². The third kappa shape index (κ3) is 9.98. The Morgan fingerprint density at radius 2 is 1.57 bits per heavy atom. The van der Waals surface area contributed by atoms with Crippen LogP contribution in [0.2, 0.25) is 0 Å². The zero-order chi connectivity index (χ0) is 30.7. The van der Waals surface area contributed by atoms with Gasteiger partial charge >= 0.3 is 0 Å². The summed E-state index contributed by atoms with van der Waals surface area (Å²) in [6, 6.07) is 24.0. The van der Waals surface area contributed by atoms with Gasteiger partial charge in [-0.1, -0.05) is 84.4 Å². The average Bonchev–Trinajstić information content (AvgIpc) is 2.97. The second-order valence-corrected chi connectivity index (χ2v) is 13.5. The smallest absolute Gasteiger partial charge is 0.243 e. The molecule has 0 aliphatic heterocycles. The van der Waals surface area contributed by atoms with Gasteiger partial charge < -0.3 is 10.2 Å². The maximum absolute atomic E-state index is 13.9. The first-order valence-electron chi connectivity index (χ1n) is 14.5. The Morgan fingerprint density at radius 3 is 2.17 bits per heavy atom. The van der Waals surface area contributed by atoms with Crippen molar-refractivity contribution in [3.63, 3.8) is 0 Å². The average molecular weight is 657 g/mol. The number of hydrogen-bond acceptors (Lipinski definition) is 4. The molecule has 7 nitrogen and oxygen atoms in total. The largest absolute Gasteiger partial charge is 0.352 e. The van der Waals surface area contributed by atoms with Crippen molar-refractivity contribution in [3.05, 3.63) is 100 Å². The summed E-state index contributed by atoms with van der Waals surface area (Å²) in [6.45, 7) is 6.40. The molecule has 0 bridgehead atoms. The van der Waals surface area contributed by atoms with Crippen LogP contribution in [0.4, 0.5) is 5.69 Å². The van der Waals surface area contributed by atoms with Crippen LogP contribution >= 0.6 is 15.9 Å². The number of benzene rings is 3. The van der Waals surface area contributed by atoms with Crippen LogP contribution in [0, 0.1) is 0 Å². The topological polar surface area (TPSA) is 86.8 Å². The Labute approximate surface area is 259 Å². The lowest BCUT2D eigenvalue weighted by Gasteiger charge is -2.32. The van der Waals surface area contributed by atoms with E-state index in [1.807, 2.05) is 87.5 Å². The van der Waals surface area contributed by atoms with E-state index in [9.17, 15) is 18.0 Å². The Kier molecular flexibility index (Phi) is 12.6. The molecule has 1 N–H and O–H groups in total. The second-order valence-electron chi connectivity index (χ2n) is 10.6. The van der Waals surface area contributed by atoms with Crippen molar-refractivity contribution < 1.29 is 18.0 Å². The third-order valence-corrected chi connectivity index (χ3v) is 8.99. The highest BCUT2D eigenvalue weighted by Gasteiger charge is 2.31. The van der Waals surface area contributed by atoms with Crippen molar-refractivity contribution in [1.29, 1.82) is 0 Å². The van der Waals surface area contributed by atoms with E-state index in [0.717, 1.165) is 34.0 Å². The molecule has 42 heavy (non-hydrogen) atoms. The summed E-state index contributed by atoms with van der Waals surface area (Å²) in [7, 11) is -3.56. The summed E-state index contributed by atoms with van der Waals surface area (Å²) in [5.41, 5.74) is 3.53. The molecule has 0 fully saturated rings. The third-order valence-electron chi connectivity index (χ3n) is 7.30. The predicted molar refractivity (Wildman–Crippen MR) is 174 cm³/mol. The lowest BCUT2D eigenvalue weighted by Crippen LogP contribution is -2.52. The second kappa shape index (κ2) is 15.9. The van der Waals surface area contributed by atoms with E-state index in [-0.39, 0.29) is 37.4 Å². The van der Waals surface area contributed by atoms with Crippen molar-refractivity contribution >= 4 is 43.5 Å². The van der Waals surface area contributed by atoms with Gasteiger partial charge in [0.05, 0.1) is 11.9 Å². The molecule has 3 aromatic rings. The molecule has 226 valence electrons. The number of aryl methyl sites for hydroxylation is 1. The van der Waals surface area contributed by atoms with Crippen LogP contribution in [0.3, 0.4) is 0 Å². The molecule has 2 amide bonds. The normalized spacial score (nSPS) is 12.8. The van der Waals surface area contributed by atoms with E-state index in [2.05, 4.69) is 21.2 Å². The van der Waals surface area contributed by atoms with Crippen molar-refractivity contribution in [2.75, 3.05) is 17.1 Å². The van der Waals surface area contributed by atoms with E-state index >= 15 is 0 Å². The molecule has 0 unspecified atom stereocenters. The molecule has 3 aromatic carbocycles. The molecule has 0 heterocycles.